The maximum absolute atomic E-state index is 12.0. The van der Waals surface area contributed by atoms with Crippen LogP contribution in [0.4, 0.5) is 0 Å². The highest BCUT2D eigenvalue weighted by Gasteiger charge is 2.28. The smallest absolute Gasteiger partial charge is 0.137 e. The van der Waals surface area contributed by atoms with E-state index in [-0.39, 0.29) is 0 Å². The van der Waals surface area contributed by atoms with Crippen LogP contribution in [0.5, 0.6) is 0 Å². The fraction of sp³-hybridized carbons (Fsp3) is 0.929. The van der Waals surface area contributed by atoms with E-state index in [1.54, 1.807) is 0 Å². The van der Waals surface area contributed by atoms with Gasteiger partial charge in [0.25, 0.3) is 0 Å². The topological polar surface area (TPSA) is 29.1 Å². The lowest BCUT2D eigenvalue weighted by atomic mass is 9.74. The quantitative estimate of drug-likeness (QED) is 0.779. The zero-order valence-corrected chi connectivity index (χ0v) is 11.3. The minimum absolute atomic E-state index is 0.340. The predicted octanol–water partition coefficient (Wildman–Crippen LogP) is 3.02. The molecule has 16 heavy (non-hydrogen) atoms. The van der Waals surface area contributed by atoms with Gasteiger partial charge >= 0.3 is 0 Å². The molecule has 0 aromatic carbocycles. The highest BCUT2D eigenvalue weighted by Crippen LogP contribution is 2.33. The van der Waals surface area contributed by atoms with Gasteiger partial charge in [0.2, 0.25) is 0 Å². The van der Waals surface area contributed by atoms with E-state index in [0.29, 0.717) is 24.2 Å². The standard InChI is InChI=1S/C14H27NO/c1-10(2)15-6-5-14(16)13-8-11(3)7-12(4)9-13/h10-13,15H,5-9H2,1-4H3. The molecule has 2 unspecified atom stereocenters. The van der Waals surface area contributed by atoms with Crippen LogP contribution >= 0.6 is 0 Å². The first-order valence-corrected chi connectivity index (χ1v) is 6.75. The van der Waals surface area contributed by atoms with E-state index in [4.69, 9.17) is 0 Å². The maximum Gasteiger partial charge on any atom is 0.137 e. The average Bonchev–Trinajstić information content (AvgIpc) is 2.15. The second-order valence-electron chi connectivity index (χ2n) is 5.94. The molecule has 0 radical (unpaired) electrons. The third-order valence-electron chi connectivity index (χ3n) is 3.56. The lowest BCUT2D eigenvalue weighted by Crippen LogP contribution is -2.30. The molecule has 0 saturated heterocycles. The van der Waals surface area contributed by atoms with Crippen molar-refractivity contribution in [3.05, 3.63) is 0 Å². The zero-order chi connectivity index (χ0) is 12.1. The Kier molecular flexibility index (Phi) is 5.47. The van der Waals surface area contributed by atoms with Gasteiger partial charge in [0.05, 0.1) is 0 Å². The summed E-state index contributed by atoms with van der Waals surface area (Å²) in [4.78, 5) is 12.0. The van der Waals surface area contributed by atoms with Gasteiger partial charge < -0.3 is 5.32 Å². The highest BCUT2D eigenvalue weighted by molar-refractivity contribution is 5.81. The molecule has 0 heterocycles. The average molecular weight is 225 g/mol. The van der Waals surface area contributed by atoms with Crippen molar-refractivity contribution in [2.75, 3.05) is 6.54 Å². The number of hydrogen-bond acceptors (Lipinski definition) is 2. The van der Waals surface area contributed by atoms with Crippen molar-refractivity contribution in [2.24, 2.45) is 17.8 Å². The maximum atomic E-state index is 12.0. The van der Waals surface area contributed by atoms with Crippen molar-refractivity contribution < 1.29 is 4.79 Å². The van der Waals surface area contributed by atoms with Crippen LogP contribution in [0.2, 0.25) is 0 Å². The molecule has 0 aromatic rings. The Labute approximate surface area is 100 Å². The van der Waals surface area contributed by atoms with Gasteiger partial charge in [-0.15, -0.1) is 0 Å². The van der Waals surface area contributed by atoms with Gasteiger partial charge in [-0.05, 0) is 31.1 Å². The van der Waals surface area contributed by atoms with Gasteiger partial charge in [0.15, 0.2) is 0 Å². The Morgan fingerprint density at radius 2 is 1.75 bits per heavy atom. The zero-order valence-electron chi connectivity index (χ0n) is 11.3. The van der Waals surface area contributed by atoms with Crippen LogP contribution in [-0.4, -0.2) is 18.4 Å². The van der Waals surface area contributed by atoms with Crippen LogP contribution in [0, 0.1) is 17.8 Å². The number of nitrogens with one attached hydrogen (secondary N) is 1. The highest BCUT2D eigenvalue weighted by atomic mass is 16.1. The van der Waals surface area contributed by atoms with Gasteiger partial charge in [-0.2, -0.15) is 0 Å². The number of rotatable bonds is 5. The number of Topliss-reactive ketones (excluding diaryl/α,β-unsaturated/α-hetero) is 1. The second kappa shape index (κ2) is 6.39. The molecule has 1 saturated carbocycles. The number of hydrogen-bond donors (Lipinski definition) is 1. The van der Waals surface area contributed by atoms with E-state index in [0.717, 1.165) is 31.2 Å². The van der Waals surface area contributed by atoms with Crippen molar-refractivity contribution in [3.63, 3.8) is 0 Å². The van der Waals surface area contributed by atoms with Crippen molar-refractivity contribution in [1.82, 2.24) is 5.32 Å². The fourth-order valence-electron chi connectivity index (χ4n) is 2.90. The van der Waals surface area contributed by atoms with Crippen molar-refractivity contribution in [3.8, 4) is 0 Å². The van der Waals surface area contributed by atoms with Crippen LogP contribution in [0.3, 0.4) is 0 Å². The third-order valence-corrected chi connectivity index (χ3v) is 3.56. The molecule has 1 aliphatic rings. The molecule has 0 aromatic heterocycles. The largest absolute Gasteiger partial charge is 0.314 e. The minimum atomic E-state index is 0.340. The SMILES string of the molecule is CC1CC(C)CC(C(=O)CCNC(C)C)C1. The first-order chi connectivity index (χ1) is 7.49. The van der Waals surface area contributed by atoms with E-state index < -0.39 is 0 Å². The summed E-state index contributed by atoms with van der Waals surface area (Å²) in [6, 6.07) is 0.483. The van der Waals surface area contributed by atoms with Crippen LogP contribution in [0.1, 0.15) is 53.4 Å². The fourth-order valence-corrected chi connectivity index (χ4v) is 2.90. The predicted molar refractivity (Wildman–Crippen MR) is 68.4 cm³/mol. The molecule has 2 nitrogen and oxygen atoms in total. The monoisotopic (exact) mass is 225 g/mol. The van der Waals surface area contributed by atoms with Crippen LogP contribution in [0.15, 0.2) is 0 Å². The van der Waals surface area contributed by atoms with Crippen molar-refractivity contribution in [1.29, 1.82) is 0 Å². The van der Waals surface area contributed by atoms with Gasteiger partial charge in [-0.1, -0.05) is 27.7 Å². The van der Waals surface area contributed by atoms with E-state index in [2.05, 4.69) is 33.0 Å². The molecule has 1 fully saturated rings. The summed E-state index contributed by atoms with van der Waals surface area (Å²) in [5.41, 5.74) is 0. The Morgan fingerprint density at radius 3 is 2.25 bits per heavy atom. The molecule has 0 spiro atoms. The molecule has 2 atom stereocenters. The normalized spacial score (nSPS) is 30.7. The summed E-state index contributed by atoms with van der Waals surface area (Å²) in [6.45, 7) is 9.64. The summed E-state index contributed by atoms with van der Waals surface area (Å²) in [7, 11) is 0. The number of carbonyl (C=O) groups excluding carboxylic acids is 1. The molecule has 0 aliphatic heterocycles. The molecule has 1 rings (SSSR count). The number of ketones is 1. The molecule has 1 N–H and O–H groups in total. The summed E-state index contributed by atoms with van der Waals surface area (Å²) < 4.78 is 0. The molecule has 1 aliphatic carbocycles. The van der Waals surface area contributed by atoms with E-state index >= 15 is 0 Å². The van der Waals surface area contributed by atoms with E-state index in [1.165, 1.54) is 6.42 Å². The van der Waals surface area contributed by atoms with Crippen molar-refractivity contribution >= 4 is 5.78 Å². The van der Waals surface area contributed by atoms with E-state index in [9.17, 15) is 4.79 Å². The van der Waals surface area contributed by atoms with Gasteiger partial charge in [-0.3, -0.25) is 4.79 Å². The summed E-state index contributed by atoms with van der Waals surface area (Å²) in [6.07, 6.45) is 4.24. The Hall–Kier alpha value is -0.370. The summed E-state index contributed by atoms with van der Waals surface area (Å²) in [5.74, 6) is 2.28. The lowest BCUT2D eigenvalue weighted by Gasteiger charge is -2.30. The Morgan fingerprint density at radius 1 is 1.19 bits per heavy atom. The number of carbonyl (C=O) groups is 1. The molecule has 0 bridgehead atoms. The first-order valence-electron chi connectivity index (χ1n) is 6.75. The Bertz CT molecular complexity index is 215. The molecule has 0 amide bonds. The van der Waals surface area contributed by atoms with Crippen LogP contribution in [0.25, 0.3) is 0 Å². The molecular formula is C14H27NO. The Balaban J connectivity index is 2.30. The van der Waals surface area contributed by atoms with Gasteiger partial charge in [-0.25, -0.2) is 0 Å². The summed E-state index contributed by atoms with van der Waals surface area (Å²) >= 11 is 0. The molecule has 94 valence electrons. The van der Waals surface area contributed by atoms with Gasteiger partial charge in [0, 0.05) is 24.9 Å². The van der Waals surface area contributed by atoms with Crippen LogP contribution in [-0.2, 0) is 4.79 Å². The molecular weight excluding hydrogens is 198 g/mol. The van der Waals surface area contributed by atoms with Gasteiger partial charge in [0.1, 0.15) is 5.78 Å². The minimum Gasteiger partial charge on any atom is -0.314 e. The second-order valence-corrected chi connectivity index (χ2v) is 5.94. The molecule has 2 heteroatoms. The lowest BCUT2D eigenvalue weighted by molar-refractivity contribution is -0.124. The first kappa shape index (κ1) is 13.7. The summed E-state index contributed by atoms with van der Waals surface area (Å²) in [5, 5.41) is 3.32. The van der Waals surface area contributed by atoms with Crippen LogP contribution < -0.4 is 5.32 Å². The van der Waals surface area contributed by atoms with E-state index in [1.807, 2.05) is 0 Å². The third kappa shape index (κ3) is 4.65. The van der Waals surface area contributed by atoms with Crippen molar-refractivity contribution in [2.45, 2.75) is 59.4 Å².